The van der Waals surface area contributed by atoms with Crippen LogP contribution >= 0.6 is 23.5 Å². The van der Waals surface area contributed by atoms with Gasteiger partial charge in [0.05, 0.1) is 17.1 Å². The zero-order chi connectivity index (χ0) is 46.5. The molecule has 1 heterocycles. The lowest BCUT2D eigenvalue weighted by molar-refractivity contribution is 0.523. The molecule has 0 N–H and O–H groups in total. The van der Waals surface area contributed by atoms with Crippen molar-refractivity contribution in [3.8, 4) is 0 Å². The normalized spacial score (nSPS) is 14.3. The maximum absolute atomic E-state index is 2.58. The molecule has 13 rings (SSSR count). The zero-order valence-corrected chi connectivity index (χ0v) is 41.4. The first-order valence-electron chi connectivity index (χ1n) is 23.8. The van der Waals surface area contributed by atoms with Crippen LogP contribution in [0, 0.1) is 20.8 Å². The van der Waals surface area contributed by atoms with Crippen molar-refractivity contribution in [3.63, 3.8) is 0 Å². The third kappa shape index (κ3) is 6.61. The monoisotopic (exact) mass is 911 g/mol. The first kappa shape index (κ1) is 42.6. The maximum Gasteiger partial charge on any atom is 0.0619 e. The van der Waals surface area contributed by atoms with Gasteiger partial charge < -0.3 is 4.90 Å². The lowest BCUT2D eigenvalue weighted by Crippen LogP contribution is -2.36. The van der Waals surface area contributed by atoms with Gasteiger partial charge in [0, 0.05) is 41.2 Å². The number of nitrogens with zero attached hydrogens (tertiary/aromatic N) is 1. The van der Waals surface area contributed by atoms with Crippen molar-refractivity contribution in [1.29, 1.82) is 0 Å². The van der Waals surface area contributed by atoms with E-state index in [4.69, 9.17) is 0 Å². The Morgan fingerprint density at radius 2 is 0.706 bits per heavy atom. The van der Waals surface area contributed by atoms with Gasteiger partial charge in [-0.2, -0.15) is 0 Å². The minimum atomic E-state index is -0.236. The van der Waals surface area contributed by atoms with Crippen LogP contribution in [0.3, 0.4) is 0 Å². The number of para-hydroxylation sites is 2. The maximum atomic E-state index is 2.58. The Hall–Kier alpha value is -6.78. The number of fused-ring (bicyclic) bond motifs is 12. The van der Waals surface area contributed by atoms with Crippen molar-refractivity contribution in [2.45, 2.75) is 78.9 Å². The molecule has 11 aromatic rings. The van der Waals surface area contributed by atoms with Crippen molar-refractivity contribution in [3.05, 3.63) is 233 Å². The van der Waals surface area contributed by atoms with Gasteiger partial charge >= 0.3 is 0 Å². The molecule has 68 heavy (non-hydrogen) atoms. The highest BCUT2D eigenvalue weighted by atomic mass is 32.2. The molecule has 0 unspecified atom stereocenters. The second kappa shape index (κ2) is 16.2. The summed E-state index contributed by atoms with van der Waals surface area (Å²) >= 11 is 3.71. The smallest absolute Gasteiger partial charge is 0.0619 e. The standard InChI is InChI=1S/C51H39NS.C14H14S/c1-30-31-16-6-11-21-36(31)49(52-45-22-12-14-24-47(45)53-48-25-15-13-23-46(48)52)40-29-44-41(26-37(30)40)50(2,3)42-27-38-34-19-9-7-17-32(34)33-18-8-10-20-35(33)39(38)28-43(42)51(44,4)5;1-11-7-3-5-9-13(11)15-14-10-6-4-8-12(14)2/h6-29H,1-5H3;3-10H,1-2H3. The third-order valence-electron chi connectivity index (χ3n) is 15.0. The van der Waals surface area contributed by atoms with Crippen molar-refractivity contribution in [2.24, 2.45) is 0 Å². The van der Waals surface area contributed by atoms with Gasteiger partial charge in [-0.05, 0) is 163 Å². The number of benzene rings is 11. The quantitative estimate of drug-likeness (QED) is 0.128. The Balaban J connectivity index is 0.000000274. The Kier molecular flexibility index (Phi) is 10.1. The molecular weight excluding hydrogens is 859 g/mol. The summed E-state index contributed by atoms with van der Waals surface area (Å²) < 4.78 is 0. The Morgan fingerprint density at radius 1 is 0.353 bits per heavy atom. The molecular formula is C65H53NS2. The predicted molar refractivity (Wildman–Crippen MR) is 295 cm³/mol. The zero-order valence-electron chi connectivity index (χ0n) is 39.7. The molecule has 0 fully saturated rings. The van der Waals surface area contributed by atoms with Crippen LogP contribution in [-0.2, 0) is 10.8 Å². The molecule has 1 aliphatic heterocycles. The minimum Gasteiger partial charge on any atom is -0.307 e. The van der Waals surface area contributed by atoms with Crippen LogP contribution in [0.1, 0.15) is 66.6 Å². The molecule has 11 aromatic carbocycles. The van der Waals surface area contributed by atoms with Gasteiger partial charge in [0.25, 0.3) is 0 Å². The fourth-order valence-electron chi connectivity index (χ4n) is 11.4. The Bertz CT molecular complexity index is 3770. The van der Waals surface area contributed by atoms with Gasteiger partial charge in [-0.15, -0.1) is 0 Å². The lowest BCUT2D eigenvalue weighted by Gasteiger charge is -2.45. The predicted octanol–water partition coefficient (Wildman–Crippen LogP) is 19.1. The first-order chi connectivity index (χ1) is 33.0. The summed E-state index contributed by atoms with van der Waals surface area (Å²) in [5.74, 6) is 0. The molecule has 3 heteroatoms. The highest BCUT2D eigenvalue weighted by Crippen LogP contribution is 2.57. The summed E-state index contributed by atoms with van der Waals surface area (Å²) in [6.07, 6.45) is 0. The first-order valence-corrected chi connectivity index (χ1v) is 25.5. The number of hydrogen-bond acceptors (Lipinski definition) is 3. The van der Waals surface area contributed by atoms with Gasteiger partial charge in [0.15, 0.2) is 0 Å². The topological polar surface area (TPSA) is 3.24 Å². The molecule has 0 amide bonds. The van der Waals surface area contributed by atoms with Crippen LogP contribution in [-0.4, -0.2) is 0 Å². The van der Waals surface area contributed by atoms with Crippen LogP contribution in [0.2, 0.25) is 0 Å². The molecule has 0 aromatic heterocycles. The number of rotatable bonds is 3. The van der Waals surface area contributed by atoms with Crippen LogP contribution in [0.25, 0.3) is 53.9 Å². The molecule has 0 spiro atoms. The third-order valence-corrected chi connectivity index (χ3v) is 17.5. The van der Waals surface area contributed by atoms with E-state index in [1.54, 1.807) is 0 Å². The van der Waals surface area contributed by atoms with E-state index in [-0.39, 0.29) is 10.8 Å². The van der Waals surface area contributed by atoms with Crippen molar-refractivity contribution in [2.75, 3.05) is 4.90 Å². The highest BCUT2D eigenvalue weighted by Gasteiger charge is 2.43. The second-order valence-electron chi connectivity index (χ2n) is 19.8. The van der Waals surface area contributed by atoms with E-state index in [9.17, 15) is 0 Å². The largest absolute Gasteiger partial charge is 0.307 e. The van der Waals surface area contributed by atoms with E-state index in [1.165, 1.54) is 129 Å². The van der Waals surface area contributed by atoms with Crippen molar-refractivity contribution < 1.29 is 0 Å². The van der Waals surface area contributed by atoms with E-state index < -0.39 is 0 Å². The molecule has 0 saturated heterocycles. The molecule has 0 radical (unpaired) electrons. The van der Waals surface area contributed by atoms with Crippen LogP contribution < -0.4 is 4.90 Å². The number of aryl methyl sites for hydroxylation is 3. The Morgan fingerprint density at radius 3 is 1.18 bits per heavy atom. The molecule has 0 saturated carbocycles. The summed E-state index contributed by atoms with van der Waals surface area (Å²) in [6, 6.07) is 72.0. The van der Waals surface area contributed by atoms with Crippen LogP contribution in [0.15, 0.2) is 214 Å². The van der Waals surface area contributed by atoms with Crippen LogP contribution in [0.4, 0.5) is 17.1 Å². The van der Waals surface area contributed by atoms with E-state index in [2.05, 4.69) is 247 Å². The van der Waals surface area contributed by atoms with Crippen LogP contribution in [0.5, 0.6) is 0 Å². The average Bonchev–Trinajstić information content (AvgIpc) is 3.36. The summed E-state index contributed by atoms with van der Waals surface area (Å²) in [5, 5.41) is 13.2. The number of anilines is 3. The van der Waals surface area contributed by atoms with E-state index >= 15 is 0 Å². The number of hydrogen-bond donors (Lipinski definition) is 0. The van der Waals surface area contributed by atoms with E-state index in [0.717, 1.165) is 0 Å². The molecule has 0 atom stereocenters. The van der Waals surface area contributed by atoms with Gasteiger partial charge in [0.1, 0.15) is 0 Å². The summed E-state index contributed by atoms with van der Waals surface area (Å²) in [6.45, 7) is 16.4. The van der Waals surface area contributed by atoms with E-state index in [0.29, 0.717) is 0 Å². The molecule has 2 aliphatic rings. The SMILES string of the molecule is Cc1c2ccccc2c(N2c3ccccc3Sc3ccccc32)c2cc3c(cc12)C(C)(C)c1cc2c4ccccc4c4ccccc4c2cc1C3(C)C.Cc1ccccc1Sc1ccccc1C. The average molecular weight is 912 g/mol. The van der Waals surface area contributed by atoms with Gasteiger partial charge in [0.2, 0.25) is 0 Å². The highest BCUT2D eigenvalue weighted by molar-refractivity contribution is 8.00. The molecule has 1 nitrogen and oxygen atoms in total. The summed E-state index contributed by atoms with van der Waals surface area (Å²) in [4.78, 5) is 7.80. The fourth-order valence-corrected chi connectivity index (χ4v) is 13.4. The Labute approximate surface area is 408 Å². The molecule has 330 valence electrons. The van der Waals surface area contributed by atoms with Crippen molar-refractivity contribution >= 4 is 94.4 Å². The summed E-state index contributed by atoms with van der Waals surface area (Å²) in [7, 11) is 0. The van der Waals surface area contributed by atoms with Crippen molar-refractivity contribution in [1.82, 2.24) is 0 Å². The van der Waals surface area contributed by atoms with E-state index in [1.807, 2.05) is 23.5 Å². The van der Waals surface area contributed by atoms with Gasteiger partial charge in [-0.25, -0.2) is 0 Å². The van der Waals surface area contributed by atoms with Gasteiger partial charge in [-0.1, -0.05) is 185 Å². The minimum absolute atomic E-state index is 0.214. The molecule has 1 aliphatic carbocycles. The summed E-state index contributed by atoms with van der Waals surface area (Å²) in [5.41, 5.74) is 13.0. The lowest BCUT2D eigenvalue weighted by atomic mass is 9.59. The van der Waals surface area contributed by atoms with Gasteiger partial charge in [-0.3, -0.25) is 0 Å². The second-order valence-corrected chi connectivity index (χ2v) is 21.9. The fraction of sp³-hybridized carbons (Fsp3) is 0.138. The molecule has 0 bridgehead atoms.